The van der Waals surface area contributed by atoms with Crippen LogP contribution in [0.1, 0.15) is 24.2 Å². The third kappa shape index (κ3) is 3.56. The van der Waals surface area contributed by atoms with E-state index < -0.39 is 6.10 Å². The zero-order valence-corrected chi connectivity index (χ0v) is 13.8. The summed E-state index contributed by atoms with van der Waals surface area (Å²) in [6, 6.07) is 15.9. The molecular formula is C19H22N4O. The summed E-state index contributed by atoms with van der Waals surface area (Å²) in [5.41, 5.74) is 1.56. The van der Waals surface area contributed by atoms with E-state index in [0.29, 0.717) is 12.1 Å². The Morgan fingerprint density at radius 2 is 2.04 bits per heavy atom. The van der Waals surface area contributed by atoms with E-state index in [1.54, 1.807) is 18.3 Å². The molecule has 3 rings (SSSR count). The van der Waals surface area contributed by atoms with Gasteiger partial charge in [-0.2, -0.15) is 5.26 Å². The lowest BCUT2D eigenvalue weighted by Crippen LogP contribution is -2.53. The summed E-state index contributed by atoms with van der Waals surface area (Å²) in [7, 11) is 0. The van der Waals surface area contributed by atoms with Crippen LogP contribution in [-0.4, -0.2) is 47.2 Å². The van der Waals surface area contributed by atoms with Crippen LogP contribution in [0.25, 0.3) is 0 Å². The summed E-state index contributed by atoms with van der Waals surface area (Å²) < 4.78 is 0. The number of aliphatic hydroxyl groups excluding tert-OH is 1. The van der Waals surface area contributed by atoms with Gasteiger partial charge in [0, 0.05) is 38.4 Å². The molecule has 1 aromatic carbocycles. The number of benzene rings is 1. The predicted octanol–water partition coefficient (Wildman–Crippen LogP) is 2.20. The number of anilines is 1. The maximum Gasteiger partial charge on any atom is 0.146 e. The van der Waals surface area contributed by atoms with E-state index >= 15 is 0 Å². The van der Waals surface area contributed by atoms with Crippen molar-refractivity contribution in [1.29, 1.82) is 5.26 Å². The standard InChI is InChI=1S/C19H22N4O/c1-15-13-23(19-17(12-20)8-5-9-21-19)11-10-22(15)14-18(24)16-6-3-2-4-7-16/h2-9,15,18,24H,10-11,13-14H2,1H3/t15-,18-/m0/s1. The maximum absolute atomic E-state index is 10.4. The summed E-state index contributed by atoms with van der Waals surface area (Å²) in [6.07, 6.45) is 1.25. The van der Waals surface area contributed by atoms with Crippen molar-refractivity contribution in [3.8, 4) is 6.07 Å². The fourth-order valence-electron chi connectivity index (χ4n) is 3.20. The number of nitrogens with zero attached hydrogens (tertiary/aromatic N) is 4. The molecule has 2 atom stereocenters. The van der Waals surface area contributed by atoms with Crippen molar-refractivity contribution in [2.24, 2.45) is 0 Å². The number of β-amino-alcohol motifs (C(OH)–C–C–N with tert-alkyl or cyclic N) is 1. The van der Waals surface area contributed by atoms with E-state index in [1.165, 1.54) is 0 Å². The van der Waals surface area contributed by atoms with Crippen LogP contribution in [0.5, 0.6) is 0 Å². The van der Waals surface area contributed by atoms with E-state index in [1.807, 2.05) is 30.3 Å². The second-order valence-electron chi connectivity index (χ2n) is 6.20. The second kappa shape index (κ2) is 7.43. The Hall–Kier alpha value is -2.42. The smallest absolute Gasteiger partial charge is 0.146 e. The van der Waals surface area contributed by atoms with Crippen molar-refractivity contribution < 1.29 is 5.11 Å². The molecule has 24 heavy (non-hydrogen) atoms. The van der Waals surface area contributed by atoms with Crippen LogP contribution < -0.4 is 4.90 Å². The number of rotatable bonds is 4. The van der Waals surface area contributed by atoms with E-state index in [9.17, 15) is 10.4 Å². The van der Waals surface area contributed by atoms with Crippen LogP contribution in [0.2, 0.25) is 0 Å². The van der Waals surface area contributed by atoms with Gasteiger partial charge in [-0.1, -0.05) is 30.3 Å². The monoisotopic (exact) mass is 322 g/mol. The van der Waals surface area contributed by atoms with Crippen molar-refractivity contribution in [2.45, 2.75) is 19.1 Å². The van der Waals surface area contributed by atoms with Gasteiger partial charge in [0.25, 0.3) is 0 Å². The molecule has 0 bridgehead atoms. The van der Waals surface area contributed by atoms with Crippen LogP contribution in [0.3, 0.4) is 0 Å². The van der Waals surface area contributed by atoms with Gasteiger partial charge < -0.3 is 10.0 Å². The SMILES string of the molecule is C[C@H]1CN(c2ncccc2C#N)CCN1C[C@H](O)c1ccccc1. The zero-order valence-electron chi connectivity index (χ0n) is 13.8. The maximum atomic E-state index is 10.4. The lowest BCUT2D eigenvalue weighted by Gasteiger charge is -2.41. The first-order chi connectivity index (χ1) is 11.7. The molecule has 0 spiro atoms. The third-order valence-electron chi connectivity index (χ3n) is 4.56. The fourth-order valence-corrected chi connectivity index (χ4v) is 3.20. The molecular weight excluding hydrogens is 300 g/mol. The van der Waals surface area contributed by atoms with Gasteiger partial charge in [0.2, 0.25) is 0 Å². The van der Waals surface area contributed by atoms with Crippen molar-refractivity contribution >= 4 is 5.82 Å². The minimum Gasteiger partial charge on any atom is -0.387 e. The lowest BCUT2D eigenvalue weighted by molar-refractivity contribution is 0.0848. The minimum atomic E-state index is -0.482. The van der Waals surface area contributed by atoms with Crippen molar-refractivity contribution in [1.82, 2.24) is 9.88 Å². The van der Waals surface area contributed by atoms with Crippen LogP contribution in [-0.2, 0) is 0 Å². The van der Waals surface area contributed by atoms with E-state index in [2.05, 4.69) is 27.8 Å². The Morgan fingerprint density at radius 3 is 2.75 bits per heavy atom. The third-order valence-corrected chi connectivity index (χ3v) is 4.56. The molecule has 0 saturated carbocycles. The Kier molecular flexibility index (Phi) is 5.09. The average Bonchev–Trinajstić information content (AvgIpc) is 2.64. The van der Waals surface area contributed by atoms with Crippen molar-refractivity contribution in [3.05, 3.63) is 59.8 Å². The Morgan fingerprint density at radius 1 is 1.25 bits per heavy atom. The molecule has 2 aromatic rings. The topological polar surface area (TPSA) is 63.4 Å². The Bertz CT molecular complexity index is 713. The number of piperazine rings is 1. The summed E-state index contributed by atoms with van der Waals surface area (Å²) in [5.74, 6) is 0.759. The molecule has 1 aliphatic rings. The Balaban J connectivity index is 1.64. The quantitative estimate of drug-likeness (QED) is 0.935. The highest BCUT2D eigenvalue weighted by molar-refractivity contribution is 5.53. The molecule has 5 heteroatoms. The molecule has 1 saturated heterocycles. The van der Waals surface area contributed by atoms with Gasteiger partial charge in [-0.3, -0.25) is 4.90 Å². The molecule has 124 valence electrons. The van der Waals surface area contributed by atoms with Crippen LogP contribution in [0, 0.1) is 11.3 Å². The van der Waals surface area contributed by atoms with Gasteiger partial charge in [0.1, 0.15) is 11.9 Å². The first kappa shape index (κ1) is 16.4. The van der Waals surface area contributed by atoms with Gasteiger partial charge in [-0.15, -0.1) is 0 Å². The fraction of sp³-hybridized carbons (Fsp3) is 0.368. The van der Waals surface area contributed by atoms with E-state index in [4.69, 9.17) is 0 Å². The summed E-state index contributed by atoms with van der Waals surface area (Å²) in [4.78, 5) is 8.83. The first-order valence-electron chi connectivity index (χ1n) is 8.26. The zero-order chi connectivity index (χ0) is 16.9. The van der Waals surface area contributed by atoms with Crippen LogP contribution in [0.15, 0.2) is 48.7 Å². The summed E-state index contributed by atoms with van der Waals surface area (Å²) in [6.45, 7) is 5.21. The van der Waals surface area contributed by atoms with Crippen molar-refractivity contribution in [2.75, 3.05) is 31.1 Å². The molecule has 1 fully saturated rings. The molecule has 1 aliphatic heterocycles. The second-order valence-corrected chi connectivity index (χ2v) is 6.20. The predicted molar refractivity (Wildman–Crippen MR) is 93.6 cm³/mol. The molecule has 0 aliphatic carbocycles. The van der Waals surface area contributed by atoms with Gasteiger partial charge in [-0.25, -0.2) is 4.98 Å². The van der Waals surface area contributed by atoms with Gasteiger partial charge in [0.05, 0.1) is 11.7 Å². The number of pyridine rings is 1. The number of hydrogen-bond donors (Lipinski definition) is 1. The van der Waals surface area contributed by atoms with Crippen LogP contribution in [0.4, 0.5) is 5.82 Å². The number of aliphatic hydroxyl groups is 1. The first-order valence-corrected chi connectivity index (χ1v) is 8.26. The number of aromatic nitrogens is 1. The Labute approximate surface area is 142 Å². The van der Waals surface area contributed by atoms with E-state index in [0.717, 1.165) is 31.0 Å². The van der Waals surface area contributed by atoms with Gasteiger partial charge in [-0.05, 0) is 24.6 Å². The molecule has 1 aromatic heterocycles. The summed E-state index contributed by atoms with van der Waals surface area (Å²) >= 11 is 0. The average molecular weight is 322 g/mol. The van der Waals surface area contributed by atoms with Gasteiger partial charge >= 0.3 is 0 Å². The number of nitriles is 1. The van der Waals surface area contributed by atoms with Crippen molar-refractivity contribution in [3.63, 3.8) is 0 Å². The highest BCUT2D eigenvalue weighted by Gasteiger charge is 2.27. The highest BCUT2D eigenvalue weighted by atomic mass is 16.3. The molecule has 5 nitrogen and oxygen atoms in total. The van der Waals surface area contributed by atoms with Gasteiger partial charge in [0.15, 0.2) is 0 Å². The van der Waals surface area contributed by atoms with E-state index in [-0.39, 0.29) is 6.04 Å². The lowest BCUT2D eigenvalue weighted by atomic mass is 10.1. The highest BCUT2D eigenvalue weighted by Crippen LogP contribution is 2.22. The minimum absolute atomic E-state index is 0.283. The summed E-state index contributed by atoms with van der Waals surface area (Å²) in [5, 5.41) is 19.7. The molecule has 0 amide bonds. The molecule has 0 radical (unpaired) electrons. The number of hydrogen-bond acceptors (Lipinski definition) is 5. The molecule has 1 N–H and O–H groups in total. The van der Waals surface area contributed by atoms with Crippen LogP contribution >= 0.6 is 0 Å². The molecule has 0 unspecified atom stereocenters. The largest absolute Gasteiger partial charge is 0.387 e. The normalized spacial score (nSPS) is 19.7. The molecule has 2 heterocycles.